The second-order valence-electron chi connectivity index (χ2n) is 6.28. The summed E-state index contributed by atoms with van der Waals surface area (Å²) in [5.41, 5.74) is 2.66. The van der Waals surface area contributed by atoms with Gasteiger partial charge in [-0.25, -0.2) is 4.98 Å². The van der Waals surface area contributed by atoms with Gasteiger partial charge < -0.3 is 14.8 Å². The number of rotatable bonds is 6. The Kier molecular flexibility index (Phi) is 4.48. The third-order valence-corrected chi connectivity index (χ3v) is 4.47. The first-order chi connectivity index (χ1) is 11.1. The van der Waals surface area contributed by atoms with Crippen molar-refractivity contribution < 1.29 is 4.79 Å². The summed E-state index contributed by atoms with van der Waals surface area (Å²) in [7, 11) is 2.12. The highest BCUT2D eigenvalue weighted by atomic mass is 16.1. The zero-order valence-electron chi connectivity index (χ0n) is 14.0. The van der Waals surface area contributed by atoms with Crippen molar-refractivity contribution in [1.82, 2.24) is 19.8 Å². The number of pyridine rings is 1. The molecule has 3 rings (SSSR count). The van der Waals surface area contributed by atoms with Gasteiger partial charge in [0.05, 0.1) is 5.56 Å². The molecule has 0 radical (unpaired) electrons. The van der Waals surface area contributed by atoms with Crippen LogP contribution in [0.5, 0.6) is 0 Å². The predicted octanol–water partition coefficient (Wildman–Crippen LogP) is 2.31. The van der Waals surface area contributed by atoms with Crippen LogP contribution in [0.4, 0.5) is 0 Å². The lowest BCUT2D eigenvalue weighted by Crippen LogP contribution is -2.34. The normalized spacial score (nSPS) is 14.3. The van der Waals surface area contributed by atoms with E-state index < -0.39 is 0 Å². The second-order valence-corrected chi connectivity index (χ2v) is 6.28. The summed E-state index contributed by atoms with van der Waals surface area (Å²) in [6.07, 6.45) is 4.34. The molecule has 1 saturated carbocycles. The number of aryl methyl sites for hydroxylation is 1. The fourth-order valence-corrected chi connectivity index (χ4v) is 2.97. The summed E-state index contributed by atoms with van der Waals surface area (Å²) in [6, 6.07) is 8.45. The van der Waals surface area contributed by atoms with Crippen LogP contribution in [0.2, 0.25) is 0 Å². The van der Waals surface area contributed by atoms with Gasteiger partial charge in [0.15, 0.2) is 0 Å². The standard InChI is InChI=1S/C18H24N4O/c1-13-12-16(14(2)22(13)17-6-4-5-9-19-17)18(23)20-10-11-21(3)15-7-8-15/h4-6,9,12,15H,7-8,10-11H2,1-3H3,(H,20,23). The van der Waals surface area contributed by atoms with E-state index in [1.54, 1.807) is 6.20 Å². The van der Waals surface area contributed by atoms with Crippen LogP contribution in [-0.2, 0) is 0 Å². The minimum atomic E-state index is -0.00974. The summed E-state index contributed by atoms with van der Waals surface area (Å²) >= 11 is 0. The lowest BCUT2D eigenvalue weighted by molar-refractivity contribution is 0.0949. The highest BCUT2D eigenvalue weighted by molar-refractivity contribution is 5.95. The van der Waals surface area contributed by atoms with Crippen LogP contribution >= 0.6 is 0 Å². The number of hydrogen-bond acceptors (Lipinski definition) is 3. The fourth-order valence-electron chi connectivity index (χ4n) is 2.97. The lowest BCUT2D eigenvalue weighted by atomic mass is 10.2. The van der Waals surface area contributed by atoms with E-state index in [1.165, 1.54) is 12.8 Å². The van der Waals surface area contributed by atoms with E-state index in [0.717, 1.165) is 35.4 Å². The summed E-state index contributed by atoms with van der Waals surface area (Å²) < 4.78 is 2.02. The number of likely N-dealkylation sites (N-methyl/N-ethyl adjacent to an activating group) is 1. The average molecular weight is 312 g/mol. The Morgan fingerprint density at radius 2 is 2.17 bits per heavy atom. The molecule has 0 aliphatic heterocycles. The molecule has 0 saturated heterocycles. The van der Waals surface area contributed by atoms with Gasteiger partial charge in [-0.05, 0) is 51.9 Å². The van der Waals surface area contributed by atoms with Crippen LogP contribution in [0.1, 0.15) is 34.6 Å². The van der Waals surface area contributed by atoms with Gasteiger partial charge in [0.25, 0.3) is 5.91 Å². The van der Waals surface area contributed by atoms with E-state index in [4.69, 9.17) is 0 Å². The van der Waals surface area contributed by atoms with Gasteiger partial charge in [0, 0.05) is 36.7 Å². The molecule has 1 fully saturated rings. The molecule has 2 aromatic rings. The van der Waals surface area contributed by atoms with Crippen molar-refractivity contribution in [2.24, 2.45) is 0 Å². The molecule has 2 aromatic heterocycles. The first-order valence-corrected chi connectivity index (χ1v) is 8.16. The smallest absolute Gasteiger partial charge is 0.253 e. The monoisotopic (exact) mass is 312 g/mol. The van der Waals surface area contributed by atoms with E-state index in [0.29, 0.717) is 6.54 Å². The third-order valence-electron chi connectivity index (χ3n) is 4.47. The molecule has 1 N–H and O–H groups in total. The van der Waals surface area contributed by atoms with Crippen LogP contribution in [0.3, 0.4) is 0 Å². The molecule has 0 spiro atoms. The van der Waals surface area contributed by atoms with Crippen LogP contribution in [-0.4, -0.2) is 46.5 Å². The predicted molar refractivity (Wildman–Crippen MR) is 91.0 cm³/mol. The van der Waals surface area contributed by atoms with Gasteiger partial charge in [-0.3, -0.25) is 4.79 Å². The highest BCUT2D eigenvalue weighted by Gasteiger charge is 2.25. The van der Waals surface area contributed by atoms with Gasteiger partial charge in [0.2, 0.25) is 0 Å². The number of nitrogens with one attached hydrogen (secondary N) is 1. The molecule has 5 heteroatoms. The molecule has 23 heavy (non-hydrogen) atoms. The van der Waals surface area contributed by atoms with Crippen molar-refractivity contribution in [3.8, 4) is 5.82 Å². The SMILES string of the molecule is Cc1cc(C(=O)NCCN(C)C2CC2)c(C)n1-c1ccccn1. The van der Waals surface area contributed by atoms with Gasteiger partial charge in [-0.1, -0.05) is 6.07 Å². The Labute approximate surface area is 137 Å². The number of carbonyl (C=O) groups excluding carboxylic acids is 1. The van der Waals surface area contributed by atoms with Crippen molar-refractivity contribution in [3.63, 3.8) is 0 Å². The lowest BCUT2D eigenvalue weighted by Gasteiger charge is -2.15. The maximum absolute atomic E-state index is 12.5. The van der Waals surface area contributed by atoms with Crippen LogP contribution in [0, 0.1) is 13.8 Å². The average Bonchev–Trinajstić information content (AvgIpc) is 3.34. The Bertz CT molecular complexity index is 689. The van der Waals surface area contributed by atoms with E-state index >= 15 is 0 Å². The number of nitrogens with zero attached hydrogens (tertiary/aromatic N) is 3. The van der Waals surface area contributed by atoms with Crippen molar-refractivity contribution in [3.05, 3.63) is 47.4 Å². The minimum absolute atomic E-state index is 0.00974. The van der Waals surface area contributed by atoms with E-state index in [1.807, 2.05) is 42.7 Å². The largest absolute Gasteiger partial charge is 0.351 e. The Hall–Kier alpha value is -2.14. The Balaban J connectivity index is 1.69. The fraction of sp³-hybridized carbons (Fsp3) is 0.444. The Morgan fingerprint density at radius 3 is 2.83 bits per heavy atom. The van der Waals surface area contributed by atoms with Crippen LogP contribution < -0.4 is 5.32 Å². The van der Waals surface area contributed by atoms with Crippen molar-refractivity contribution >= 4 is 5.91 Å². The van der Waals surface area contributed by atoms with Crippen molar-refractivity contribution in [2.45, 2.75) is 32.7 Å². The first-order valence-electron chi connectivity index (χ1n) is 8.16. The molecule has 0 bridgehead atoms. The summed E-state index contributed by atoms with van der Waals surface area (Å²) in [4.78, 5) is 19.2. The van der Waals surface area contributed by atoms with E-state index in [2.05, 4.69) is 22.2 Å². The summed E-state index contributed by atoms with van der Waals surface area (Å²) in [6.45, 7) is 5.54. The molecule has 0 atom stereocenters. The second kappa shape index (κ2) is 6.54. The number of amides is 1. The molecule has 122 valence electrons. The molecule has 5 nitrogen and oxygen atoms in total. The maximum Gasteiger partial charge on any atom is 0.253 e. The molecular weight excluding hydrogens is 288 g/mol. The van der Waals surface area contributed by atoms with Crippen LogP contribution in [0.25, 0.3) is 5.82 Å². The maximum atomic E-state index is 12.5. The Morgan fingerprint density at radius 1 is 1.39 bits per heavy atom. The summed E-state index contributed by atoms with van der Waals surface area (Å²) in [5, 5.41) is 3.03. The highest BCUT2D eigenvalue weighted by Crippen LogP contribution is 2.24. The topological polar surface area (TPSA) is 50.2 Å². The number of carbonyl (C=O) groups is 1. The van der Waals surface area contributed by atoms with E-state index in [9.17, 15) is 4.79 Å². The molecule has 2 heterocycles. The zero-order chi connectivity index (χ0) is 16.4. The molecule has 0 unspecified atom stereocenters. The molecule has 1 aliphatic carbocycles. The third kappa shape index (κ3) is 3.45. The quantitative estimate of drug-likeness (QED) is 0.890. The van der Waals surface area contributed by atoms with Crippen molar-refractivity contribution in [1.29, 1.82) is 0 Å². The molecule has 1 aliphatic rings. The first kappa shape index (κ1) is 15.7. The van der Waals surface area contributed by atoms with Gasteiger partial charge in [-0.2, -0.15) is 0 Å². The van der Waals surface area contributed by atoms with Crippen LogP contribution in [0.15, 0.2) is 30.5 Å². The zero-order valence-corrected chi connectivity index (χ0v) is 14.0. The molecule has 0 aromatic carbocycles. The minimum Gasteiger partial charge on any atom is -0.351 e. The van der Waals surface area contributed by atoms with Gasteiger partial charge in [-0.15, -0.1) is 0 Å². The number of aromatic nitrogens is 2. The van der Waals surface area contributed by atoms with E-state index in [-0.39, 0.29) is 5.91 Å². The van der Waals surface area contributed by atoms with Gasteiger partial charge >= 0.3 is 0 Å². The molecular formula is C18H24N4O. The molecule has 1 amide bonds. The van der Waals surface area contributed by atoms with Crippen molar-refractivity contribution in [2.75, 3.05) is 20.1 Å². The van der Waals surface area contributed by atoms with Gasteiger partial charge in [0.1, 0.15) is 5.82 Å². The number of hydrogen-bond donors (Lipinski definition) is 1. The summed E-state index contributed by atoms with van der Waals surface area (Å²) in [5.74, 6) is 0.833.